The van der Waals surface area contributed by atoms with Crippen LogP contribution in [0.3, 0.4) is 0 Å². The van der Waals surface area contributed by atoms with Gasteiger partial charge in [0.25, 0.3) is 10.0 Å². The number of carbonyl (C=O) groups excluding carboxylic acids is 1. The van der Waals surface area contributed by atoms with Gasteiger partial charge in [-0.2, -0.15) is 0 Å². The molecule has 8 heteroatoms. The lowest BCUT2D eigenvalue weighted by molar-refractivity contribution is -0.120. The molecule has 1 N–H and O–H groups in total. The number of rotatable bonds is 7. The van der Waals surface area contributed by atoms with Gasteiger partial charge in [-0.1, -0.05) is 41.9 Å². The van der Waals surface area contributed by atoms with Crippen LogP contribution in [0.25, 0.3) is 0 Å². The van der Waals surface area contributed by atoms with E-state index in [0.717, 1.165) is 40.4 Å². The van der Waals surface area contributed by atoms with Crippen LogP contribution in [0.5, 0.6) is 5.75 Å². The van der Waals surface area contributed by atoms with Crippen LogP contribution in [0.4, 0.5) is 5.69 Å². The number of carbonyl (C=O) groups is 1. The number of nitrogens with zero attached hydrogens (tertiary/aromatic N) is 1. The van der Waals surface area contributed by atoms with Crippen molar-refractivity contribution in [2.24, 2.45) is 0 Å². The molecule has 0 aromatic heterocycles. The van der Waals surface area contributed by atoms with Crippen molar-refractivity contribution in [2.75, 3.05) is 18.0 Å². The number of halogens is 1. The molecule has 0 saturated carbocycles. The summed E-state index contributed by atoms with van der Waals surface area (Å²) in [6, 6.07) is 18.8. The maximum Gasteiger partial charge on any atom is 0.264 e. The predicted octanol–water partition coefficient (Wildman–Crippen LogP) is 5.05. The quantitative estimate of drug-likeness (QED) is 0.494. The Balaban J connectivity index is 1.64. The SMILES string of the molecule is COc1ccc2c(c1)CCCC2NC(=O)CN(c1cc(Cl)ccc1C)S(=O)(=O)c1ccccc1. The molecule has 1 aliphatic rings. The lowest BCUT2D eigenvalue weighted by atomic mass is 9.87. The fourth-order valence-electron chi connectivity index (χ4n) is 4.31. The van der Waals surface area contributed by atoms with Gasteiger partial charge < -0.3 is 10.1 Å². The number of hydrogen-bond donors (Lipinski definition) is 1. The Morgan fingerprint density at radius 3 is 2.62 bits per heavy atom. The number of nitrogens with one attached hydrogen (secondary N) is 1. The highest BCUT2D eigenvalue weighted by molar-refractivity contribution is 7.92. The average molecular weight is 499 g/mol. The Bertz CT molecular complexity index is 1300. The summed E-state index contributed by atoms with van der Waals surface area (Å²) >= 11 is 6.20. The van der Waals surface area contributed by atoms with Gasteiger partial charge >= 0.3 is 0 Å². The van der Waals surface area contributed by atoms with Crippen LogP contribution in [0, 0.1) is 6.92 Å². The minimum Gasteiger partial charge on any atom is -0.497 e. The van der Waals surface area contributed by atoms with Gasteiger partial charge in [-0.25, -0.2) is 8.42 Å². The number of aryl methyl sites for hydroxylation is 2. The molecular formula is C26H27ClN2O4S. The van der Waals surface area contributed by atoms with Gasteiger partial charge in [-0.15, -0.1) is 0 Å². The minimum absolute atomic E-state index is 0.109. The maximum atomic E-state index is 13.6. The highest BCUT2D eigenvalue weighted by Crippen LogP contribution is 2.33. The van der Waals surface area contributed by atoms with E-state index in [1.807, 2.05) is 18.2 Å². The molecule has 178 valence electrons. The zero-order valence-corrected chi connectivity index (χ0v) is 20.7. The van der Waals surface area contributed by atoms with E-state index in [0.29, 0.717) is 16.3 Å². The summed E-state index contributed by atoms with van der Waals surface area (Å²) in [5, 5.41) is 3.44. The van der Waals surface area contributed by atoms with Crippen molar-refractivity contribution in [3.05, 3.63) is 88.4 Å². The van der Waals surface area contributed by atoms with Crippen LogP contribution in [0.2, 0.25) is 5.02 Å². The first-order valence-electron chi connectivity index (χ1n) is 11.1. The highest BCUT2D eigenvalue weighted by Gasteiger charge is 2.30. The summed E-state index contributed by atoms with van der Waals surface area (Å²) < 4.78 is 33.6. The third-order valence-electron chi connectivity index (χ3n) is 6.06. The van der Waals surface area contributed by atoms with Crippen molar-refractivity contribution in [2.45, 2.75) is 37.1 Å². The highest BCUT2D eigenvalue weighted by atomic mass is 35.5. The van der Waals surface area contributed by atoms with Crippen molar-refractivity contribution in [1.29, 1.82) is 0 Å². The lowest BCUT2D eigenvalue weighted by Crippen LogP contribution is -2.42. The monoisotopic (exact) mass is 498 g/mol. The molecule has 0 fully saturated rings. The van der Waals surface area contributed by atoms with E-state index in [4.69, 9.17) is 16.3 Å². The normalized spacial score (nSPS) is 15.3. The molecule has 1 aliphatic carbocycles. The molecule has 0 bridgehead atoms. The van der Waals surface area contributed by atoms with E-state index < -0.39 is 10.0 Å². The van der Waals surface area contributed by atoms with Crippen LogP contribution in [-0.2, 0) is 21.2 Å². The number of sulfonamides is 1. The fraction of sp³-hybridized carbons (Fsp3) is 0.269. The van der Waals surface area contributed by atoms with Crippen LogP contribution in [-0.4, -0.2) is 28.0 Å². The first kappa shape index (κ1) is 24.1. The van der Waals surface area contributed by atoms with Gasteiger partial charge in [0.15, 0.2) is 0 Å². The Kier molecular flexibility index (Phi) is 7.14. The summed E-state index contributed by atoms with van der Waals surface area (Å²) in [7, 11) is -2.37. The Labute approximate surface area is 205 Å². The Morgan fingerprint density at radius 1 is 1.12 bits per heavy atom. The van der Waals surface area contributed by atoms with E-state index >= 15 is 0 Å². The van der Waals surface area contributed by atoms with E-state index in [9.17, 15) is 13.2 Å². The first-order chi connectivity index (χ1) is 16.3. The second-order valence-electron chi connectivity index (χ2n) is 8.33. The number of fused-ring (bicyclic) bond motifs is 1. The van der Waals surface area contributed by atoms with Crippen LogP contribution in [0.1, 0.15) is 35.6 Å². The molecule has 4 rings (SSSR count). The van der Waals surface area contributed by atoms with Gasteiger partial charge in [0.05, 0.1) is 23.7 Å². The number of ether oxygens (including phenoxy) is 1. The third-order valence-corrected chi connectivity index (χ3v) is 8.07. The smallest absolute Gasteiger partial charge is 0.264 e. The molecule has 3 aromatic rings. The van der Waals surface area contributed by atoms with E-state index in [1.165, 1.54) is 12.1 Å². The third kappa shape index (κ3) is 5.05. The minimum atomic E-state index is -4.00. The van der Waals surface area contributed by atoms with Crippen molar-refractivity contribution in [3.63, 3.8) is 0 Å². The molecule has 34 heavy (non-hydrogen) atoms. The van der Waals surface area contributed by atoms with Crippen molar-refractivity contribution in [1.82, 2.24) is 5.32 Å². The first-order valence-corrected chi connectivity index (χ1v) is 12.9. The fourth-order valence-corrected chi connectivity index (χ4v) is 5.97. The topological polar surface area (TPSA) is 75.7 Å². The van der Waals surface area contributed by atoms with E-state index in [1.54, 1.807) is 50.4 Å². The number of amides is 1. The summed E-state index contributed by atoms with van der Waals surface area (Å²) in [6.07, 6.45) is 2.62. The second-order valence-corrected chi connectivity index (χ2v) is 10.6. The second kappa shape index (κ2) is 10.1. The van der Waals surface area contributed by atoms with E-state index in [-0.39, 0.29) is 23.4 Å². The number of hydrogen-bond acceptors (Lipinski definition) is 4. The van der Waals surface area contributed by atoms with Gasteiger partial charge in [-0.05, 0) is 79.3 Å². The molecule has 0 spiro atoms. The van der Waals surface area contributed by atoms with Crippen molar-refractivity contribution >= 4 is 33.2 Å². The van der Waals surface area contributed by atoms with Crippen LogP contribution in [0.15, 0.2) is 71.6 Å². The molecule has 0 saturated heterocycles. The van der Waals surface area contributed by atoms with Crippen molar-refractivity contribution < 1.29 is 17.9 Å². The molecular weight excluding hydrogens is 472 g/mol. The Morgan fingerprint density at radius 2 is 1.88 bits per heavy atom. The van der Waals surface area contributed by atoms with Gasteiger partial charge in [0.2, 0.25) is 5.91 Å². The lowest BCUT2D eigenvalue weighted by Gasteiger charge is -2.29. The Hall–Kier alpha value is -3.03. The van der Waals surface area contributed by atoms with Gasteiger partial charge in [-0.3, -0.25) is 9.10 Å². The summed E-state index contributed by atoms with van der Waals surface area (Å²) in [5.74, 6) is 0.398. The molecule has 0 radical (unpaired) electrons. The zero-order chi connectivity index (χ0) is 24.3. The van der Waals surface area contributed by atoms with Gasteiger partial charge in [0, 0.05) is 5.02 Å². The molecule has 0 aliphatic heterocycles. The predicted molar refractivity (Wildman–Crippen MR) is 134 cm³/mol. The van der Waals surface area contributed by atoms with Gasteiger partial charge in [0.1, 0.15) is 12.3 Å². The summed E-state index contributed by atoms with van der Waals surface area (Å²) in [5.41, 5.74) is 3.25. The largest absolute Gasteiger partial charge is 0.497 e. The maximum absolute atomic E-state index is 13.6. The molecule has 6 nitrogen and oxygen atoms in total. The zero-order valence-electron chi connectivity index (χ0n) is 19.1. The van der Waals surface area contributed by atoms with E-state index in [2.05, 4.69) is 5.32 Å². The molecule has 1 amide bonds. The number of benzene rings is 3. The molecule has 3 aromatic carbocycles. The molecule has 1 atom stereocenters. The van der Waals surface area contributed by atoms with Crippen LogP contribution < -0.4 is 14.4 Å². The summed E-state index contributed by atoms with van der Waals surface area (Å²) in [6.45, 7) is 1.43. The molecule has 1 unspecified atom stereocenters. The van der Waals surface area contributed by atoms with Crippen molar-refractivity contribution in [3.8, 4) is 5.75 Å². The standard InChI is InChI=1S/C26H27ClN2O4S/c1-18-11-12-20(27)16-25(18)29(34(31,32)22-8-4-3-5-9-22)17-26(30)28-24-10-6-7-19-15-21(33-2)13-14-23(19)24/h3-5,8-9,11-16,24H,6-7,10,17H2,1-2H3,(H,28,30). The number of methoxy groups -OCH3 is 1. The van der Waals surface area contributed by atoms with Crippen LogP contribution >= 0.6 is 11.6 Å². The molecule has 0 heterocycles. The number of anilines is 1. The summed E-state index contributed by atoms with van der Waals surface area (Å²) in [4.78, 5) is 13.3. The average Bonchev–Trinajstić information content (AvgIpc) is 2.84.